The molecule has 2 atom stereocenters. The lowest BCUT2D eigenvalue weighted by molar-refractivity contribution is 0.153. The number of hydrogen-bond acceptors (Lipinski definition) is 3. The molecular formula is C18H23NO2S. The summed E-state index contributed by atoms with van der Waals surface area (Å²) in [5, 5.41) is 8.81. The second-order valence-electron chi connectivity index (χ2n) is 5.41. The van der Waals surface area contributed by atoms with Gasteiger partial charge in [0, 0.05) is 18.6 Å². The van der Waals surface area contributed by atoms with Crippen molar-refractivity contribution in [2.45, 2.75) is 18.8 Å². The van der Waals surface area contributed by atoms with Gasteiger partial charge in [0.25, 0.3) is 0 Å². The minimum atomic E-state index is -1.58. The molecule has 0 aliphatic rings. The zero-order valence-electron chi connectivity index (χ0n) is 13.3. The van der Waals surface area contributed by atoms with Crippen LogP contribution < -0.4 is 5.14 Å². The predicted molar refractivity (Wildman–Crippen MR) is 95.6 cm³/mol. The molecule has 0 saturated heterocycles. The summed E-state index contributed by atoms with van der Waals surface area (Å²) in [6.07, 6.45) is 7.16. The van der Waals surface area contributed by atoms with Gasteiger partial charge in [-0.1, -0.05) is 40.7 Å². The number of ether oxygens (including phenoxy) is 1. The molecule has 0 aromatic heterocycles. The highest BCUT2D eigenvalue weighted by atomic mass is 32.3. The summed E-state index contributed by atoms with van der Waals surface area (Å²) in [6.45, 7) is 2.98. The molecule has 22 heavy (non-hydrogen) atoms. The van der Waals surface area contributed by atoms with Gasteiger partial charge in [0.2, 0.25) is 0 Å². The highest BCUT2D eigenvalue weighted by Gasteiger charge is 2.22. The van der Waals surface area contributed by atoms with Crippen molar-refractivity contribution in [2.75, 3.05) is 20.0 Å². The first kappa shape index (κ1) is 16.9. The van der Waals surface area contributed by atoms with Crippen LogP contribution in [0.4, 0.5) is 0 Å². The van der Waals surface area contributed by atoms with Crippen LogP contribution in [-0.2, 0) is 15.5 Å². The summed E-state index contributed by atoms with van der Waals surface area (Å²) >= 11 is 0. The molecular weight excluding hydrogens is 294 g/mol. The fourth-order valence-corrected chi connectivity index (χ4v) is 3.27. The van der Waals surface area contributed by atoms with Gasteiger partial charge in [-0.25, -0.2) is 0 Å². The SMILES string of the molecule is C#CCOCc1ccc2cc(C(C)S(C)(N)OC)ccc2c1. The van der Waals surface area contributed by atoms with Crippen LogP contribution in [0.3, 0.4) is 0 Å². The smallest absolute Gasteiger partial charge is 0.107 e. The predicted octanol–water partition coefficient (Wildman–Crippen LogP) is 3.92. The molecule has 0 fully saturated rings. The number of nitrogens with two attached hydrogens (primary N) is 1. The van der Waals surface area contributed by atoms with Crippen LogP contribution in [0.2, 0.25) is 0 Å². The zero-order chi connectivity index (χ0) is 16.2. The third-order valence-electron chi connectivity index (χ3n) is 3.91. The Hall–Kier alpha value is -1.51. The first-order chi connectivity index (χ1) is 10.5. The van der Waals surface area contributed by atoms with E-state index in [9.17, 15) is 0 Å². The Kier molecular flexibility index (Phi) is 5.49. The van der Waals surface area contributed by atoms with E-state index in [1.165, 1.54) is 16.3 Å². The van der Waals surface area contributed by atoms with E-state index in [1.807, 2.05) is 6.26 Å². The molecule has 0 amide bonds. The van der Waals surface area contributed by atoms with Gasteiger partial charge in [-0.3, -0.25) is 5.14 Å². The van der Waals surface area contributed by atoms with Crippen molar-refractivity contribution in [3.63, 3.8) is 0 Å². The van der Waals surface area contributed by atoms with Gasteiger partial charge in [0.05, 0.1) is 6.61 Å². The van der Waals surface area contributed by atoms with E-state index in [0.29, 0.717) is 13.2 Å². The Morgan fingerprint density at radius 3 is 2.59 bits per heavy atom. The first-order valence-corrected chi connectivity index (χ1v) is 9.21. The van der Waals surface area contributed by atoms with Crippen molar-refractivity contribution in [3.8, 4) is 12.3 Å². The van der Waals surface area contributed by atoms with Gasteiger partial charge in [-0.05, 0) is 41.0 Å². The largest absolute Gasteiger partial charge is 0.364 e. The lowest BCUT2D eigenvalue weighted by Gasteiger charge is -2.35. The fraction of sp³-hybridized carbons (Fsp3) is 0.333. The molecule has 0 heterocycles. The van der Waals surface area contributed by atoms with Crippen LogP contribution in [0.5, 0.6) is 0 Å². The van der Waals surface area contributed by atoms with E-state index in [2.05, 4.69) is 49.2 Å². The van der Waals surface area contributed by atoms with Crippen molar-refractivity contribution in [1.29, 1.82) is 0 Å². The molecule has 0 aliphatic heterocycles. The van der Waals surface area contributed by atoms with Gasteiger partial charge in [0.1, 0.15) is 6.61 Å². The maximum absolute atomic E-state index is 6.26. The Morgan fingerprint density at radius 2 is 1.91 bits per heavy atom. The summed E-state index contributed by atoms with van der Waals surface area (Å²) in [7, 11) is 0.0942. The summed E-state index contributed by atoms with van der Waals surface area (Å²) in [5.74, 6) is 2.47. The molecule has 0 bridgehead atoms. The molecule has 2 aromatic rings. The molecule has 2 rings (SSSR count). The minimum absolute atomic E-state index is 0.181. The Bertz CT molecular complexity index is 691. The van der Waals surface area contributed by atoms with Crippen LogP contribution in [0, 0.1) is 12.3 Å². The van der Waals surface area contributed by atoms with Crippen LogP contribution in [-0.4, -0.2) is 20.0 Å². The van der Waals surface area contributed by atoms with E-state index in [4.69, 9.17) is 20.5 Å². The second-order valence-corrected chi connectivity index (χ2v) is 8.39. The minimum Gasteiger partial charge on any atom is -0.364 e. The number of fused-ring (bicyclic) bond motifs is 1. The van der Waals surface area contributed by atoms with Crippen molar-refractivity contribution in [2.24, 2.45) is 5.14 Å². The summed E-state index contributed by atoms with van der Waals surface area (Å²) < 4.78 is 10.8. The zero-order valence-corrected chi connectivity index (χ0v) is 14.2. The summed E-state index contributed by atoms with van der Waals surface area (Å²) in [6, 6.07) is 12.7. The lowest BCUT2D eigenvalue weighted by atomic mass is 10.0. The van der Waals surface area contributed by atoms with E-state index >= 15 is 0 Å². The van der Waals surface area contributed by atoms with Crippen LogP contribution in [0.25, 0.3) is 10.8 Å². The number of benzene rings is 2. The second kappa shape index (κ2) is 7.17. The molecule has 2 aromatic carbocycles. The highest BCUT2D eigenvalue weighted by molar-refractivity contribution is 8.27. The number of rotatable bonds is 6. The third kappa shape index (κ3) is 3.82. The van der Waals surface area contributed by atoms with Crippen molar-refractivity contribution in [3.05, 3.63) is 47.5 Å². The molecule has 2 N–H and O–H groups in total. The van der Waals surface area contributed by atoms with Crippen molar-refractivity contribution >= 4 is 21.3 Å². The Morgan fingerprint density at radius 1 is 1.23 bits per heavy atom. The topological polar surface area (TPSA) is 44.5 Å². The monoisotopic (exact) mass is 317 g/mol. The quantitative estimate of drug-likeness (QED) is 0.649. The van der Waals surface area contributed by atoms with Crippen molar-refractivity contribution < 1.29 is 8.92 Å². The van der Waals surface area contributed by atoms with Gasteiger partial charge >= 0.3 is 0 Å². The lowest BCUT2D eigenvalue weighted by Crippen LogP contribution is -2.17. The molecule has 2 unspecified atom stereocenters. The van der Waals surface area contributed by atoms with Gasteiger partial charge < -0.3 is 8.92 Å². The summed E-state index contributed by atoms with van der Waals surface area (Å²) in [4.78, 5) is 0. The Labute approximate surface area is 134 Å². The molecule has 4 heteroatoms. The first-order valence-electron chi connectivity index (χ1n) is 7.12. The van der Waals surface area contributed by atoms with Gasteiger partial charge in [0.15, 0.2) is 0 Å². The van der Waals surface area contributed by atoms with Gasteiger partial charge in [-0.15, -0.1) is 6.42 Å². The Balaban J connectivity index is 2.25. The van der Waals surface area contributed by atoms with Crippen LogP contribution in [0.1, 0.15) is 23.3 Å². The molecule has 0 saturated carbocycles. The number of hydrogen-bond donors (Lipinski definition) is 1. The van der Waals surface area contributed by atoms with Crippen molar-refractivity contribution in [1.82, 2.24) is 0 Å². The maximum Gasteiger partial charge on any atom is 0.107 e. The third-order valence-corrected chi connectivity index (χ3v) is 6.31. The van der Waals surface area contributed by atoms with Crippen LogP contribution >= 0.6 is 10.5 Å². The van der Waals surface area contributed by atoms with Crippen LogP contribution in [0.15, 0.2) is 36.4 Å². The fourth-order valence-electron chi connectivity index (χ4n) is 2.30. The molecule has 118 valence electrons. The normalized spacial score (nSPS) is 16.7. The van der Waals surface area contributed by atoms with E-state index in [-0.39, 0.29) is 5.25 Å². The standard InChI is InChI=1S/C18H23NO2S/c1-5-10-21-13-15-6-7-18-12-16(8-9-17(18)11-15)14(2)22(4,19)20-3/h1,6-9,11-12,14H,10,13,19H2,2-4H3. The highest BCUT2D eigenvalue weighted by Crippen LogP contribution is 2.51. The molecule has 0 spiro atoms. The number of terminal acetylenes is 1. The average molecular weight is 317 g/mol. The summed E-state index contributed by atoms with van der Waals surface area (Å²) in [5.41, 5.74) is 2.32. The van der Waals surface area contributed by atoms with E-state index in [1.54, 1.807) is 7.11 Å². The van der Waals surface area contributed by atoms with E-state index < -0.39 is 10.5 Å². The van der Waals surface area contributed by atoms with E-state index in [0.717, 1.165) is 5.56 Å². The molecule has 0 radical (unpaired) electrons. The molecule has 0 aliphatic carbocycles. The average Bonchev–Trinajstić information content (AvgIpc) is 2.53. The van der Waals surface area contributed by atoms with Gasteiger partial charge in [-0.2, -0.15) is 0 Å². The maximum atomic E-state index is 6.26. The molecule has 3 nitrogen and oxygen atoms in total.